The van der Waals surface area contributed by atoms with Gasteiger partial charge in [-0.15, -0.1) is 0 Å². The summed E-state index contributed by atoms with van der Waals surface area (Å²) in [5.74, 6) is 3.52. The summed E-state index contributed by atoms with van der Waals surface area (Å²) in [6.07, 6.45) is 8.01. The number of carbonyl (C=O) groups is 2. The lowest BCUT2D eigenvalue weighted by molar-refractivity contribution is -0.117. The molecule has 1 aromatic heterocycles. The minimum atomic E-state index is 0.182. The number of aromatic nitrogens is 3. The molecule has 63 heavy (non-hydrogen) atoms. The number of thioether (sulfide) groups is 1. The van der Waals surface area contributed by atoms with Crippen LogP contribution >= 0.6 is 23.4 Å². The van der Waals surface area contributed by atoms with E-state index in [1.807, 2.05) is 74.1 Å². The molecule has 3 rings (SSSR count). The summed E-state index contributed by atoms with van der Waals surface area (Å²) in [6, 6.07) is 15.3. The molecular formula is C47H88ClN7O7S. The van der Waals surface area contributed by atoms with E-state index in [4.69, 9.17) is 30.6 Å². The molecule has 0 radical (unpaired) electrons. The second kappa shape index (κ2) is 67.3. The van der Waals surface area contributed by atoms with Gasteiger partial charge in [0, 0.05) is 55.1 Å². The van der Waals surface area contributed by atoms with E-state index in [1.165, 1.54) is 31.1 Å². The Labute approximate surface area is 393 Å². The van der Waals surface area contributed by atoms with E-state index in [0.717, 1.165) is 56.1 Å². The Morgan fingerprint density at radius 2 is 1.08 bits per heavy atom. The maximum atomic E-state index is 10.1. The van der Waals surface area contributed by atoms with Crippen LogP contribution < -0.4 is 4.74 Å². The Balaban J connectivity index is -0.000000117. The van der Waals surface area contributed by atoms with Crippen LogP contribution in [0.1, 0.15) is 119 Å². The monoisotopic (exact) mass is 930 g/mol. The van der Waals surface area contributed by atoms with Crippen LogP contribution in [0.4, 0.5) is 11.4 Å². The number of aldehydes is 1. The Hall–Kier alpha value is -3.73. The highest BCUT2D eigenvalue weighted by molar-refractivity contribution is 7.98. The predicted molar refractivity (Wildman–Crippen MR) is 269 cm³/mol. The van der Waals surface area contributed by atoms with Crippen molar-refractivity contribution in [2.24, 2.45) is 20.5 Å². The average Bonchev–Trinajstić information content (AvgIpc) is 3.25. The van der Waals surface area contributed by atoms with Crippen LogP contribution in [-0.4, -0.2) is 108 Å². The Kier molecular flexibility index (Phi) is 78.7. The van der Waals surface area contributed by atoms with Crippen LogP contribution in [0.15, 0.2) is 69.0 Å². The molecule has 3 aromatic rings. The predicted octanol–water partition coefficient (Wildman–Crippen LogP) is 13.7. The summed E-state index contributed by atoms with van der Waals surface area (Å²) in [5, 5.41) is 15.4. The number of ketones is 1. The second-order valence-electron chi connectivity index (χ2n) is 12.0. The van der Waals surface area contributed by atoms with Gasteiger partial charge >= 0.3 is 0 Å². The normalized spacial score (nSPS) is 9.02. The van der Waals surface area contributed by atoms with Gasteiger partial charge in [0.15, 0.2) is 6.79 Å². The zero-order valence-electron chi connectivity index (χ0n) is 42.7. The van der Waals surface area contributed by atoms with Gasteiger partial charge in [-0.05, 0) is 114 Å². The Bertz CT molecular complexity index is 1310. The summed E-state index contributed by atoms with van der Waals surface area (Å²) in [7, 11) is 8.29. The molecule has 2 aromatic carbocycles. The number of methoxy groups -OCH3 is 3. The van der Waals surface area contributed by atoms with Gasteiger partial charge in [0.2, 0.25) is 5.28 Å². The highest BCUT2D eigenvalue weighted by Gasteiger charge is 1.95. The van der Waals surface area contributed by atoms with E-state index < -0.39 is 0 Å². The third-order valence-corrected chi connectivity index (χ3v) is 6.18. The zero-order valence-corrected chi connectivity index (χ0v) is 44.3. The summed E-state index contributed by atoms with van der Waals surface area (Å²) < 4.78 is 24.4. The smallest absolute Gasteiger partial charge is 0.225 e. The first kappa shape index (κ1) is 73.7. The fourth-order valence-electron chi connectivity index (χ4n) is 2.79. The quantitative estimate of drug-likeness (QED) is 0.0653. The fraction of sp³-hybridized carbons (Fsp3) is 0.638. The third kappa shape index (κ3) is 79.2. The number of hydrogen-bond donors (Lipinski definition) is 0. The van der Waals surface area contributed by atoms with Crippen molar-refractivity contribution in [2.75, 3.05) is 80.7 Å². The van der Waals surface area contributed by atoms with E-state index in [0.29, 0.717) is 31.5 Å². The molecule has 0 saturated heterocycles. The molecule has 1 heterocycles. The lowest BCUT2D eigenvalue weighted by Gasteiger charge is -2.05. The van der Waals surface area contributed by atoms with Gasteiger partial charge in [-0.25, -0.2) is 15.0 Å². The number of benzene rings is 2. The van der Waals surface area contributed by atoms with E-state index in [9.17, 15) is 4.79 Å². The minimum absolute atomic E-state index is 0.182. The number of Topliss-reactive ketones (excluding diaryl/α,β-unsaturated/α-hetero) is 1. The first-order valence-electron chi connectivity index (χ1n) is 21.3. The lowest BCUT2D eigenvalue weighted by Crippen LogP contribution is -2.02. The van der Waals surface area contributed by atoms with Gasteiger partial charge in [0.1, 0.15) is 29.5 Å². The molecule has 14 nitrogen and oxygen atoms in total. The lowest BCUT2D eigenvalue weighted by atomic mass is 10.2. The van der Waals surface area contributed by atoms with Crippen LogP contribution in [0.3, 0.4) is 0 Å². The molecular weight excluding hydrogens is 842 g/mol. The molecule has 0 bridgehead atoms. The number of azo groups is 2. The zero-order chi connectivity index (χ0) is 50.0. The summed E-state index contributed by atoms with van der Waals surface area (Å²) in [5.41, 5.74) is 2.97. The molecule has 0 amide bonds. The van der Waals surface area contributed by atoms with Gasteiger partial charge in [0.05, 0.1) is 24.6 Å². The van der Waals surface area contributed by atoms with Crippen LogP contribution in [-0.2, 0) is 28.5 Å². The van der Waals surface area contributed by atoms with Crippen molar-refractivity contribution in [3.63, 3.8) is 0 Å². The molecule has 0 spiro atoms. The van der Waals surface area contributed by atoms with Crippen molar-refractivity contribution < 1.29 is 33.3 Å². The number of rotatable bonds is 14. The number of aryl methyl sites for hydroxylation is 3. The number of hydrogen-bond acceptors (Lipinski definition) is 15. The summed E-state index contributed by atoms with van der Waals surface area (Å²) in [4.78, 5) is 30.4. The molecule has 366 valence electrons. The standard InChI is InChI=1S/C11H16N2O2.C8H10N2.C5H6ClN3.C5H10O2.C4H10O.C3H8O.C3H8S.2C3H8.C2H4O/c1-3-8-14-9-15-11-6-4-10(5-7-11)13-12-2;1-7-3-5-8(6-4-7)10-9-2;1-3-7-4(2)9-5(6)8-3;1-5(6)3-4-7-2;1-3-4-5-2;2*1-3-4-2;2*1-3-2;1-2-3/h4-7H,3,8-9H2,1-2H3;3-6H,1-2H3;1-2H3;3-4H2,1-2H3;3-4H2,1-2H3;2*3H2,1-2H3;2*3H2,1-2H3;2H,1H3. The Morgan fingerprint density at radius 1 is 0.698 bits per heavy atom. The molecule has 0 aliphatic carbocycles. The van der Waals surface area contributed by atoms with Crippen LogP contribution in [0, 0.1) is 20.8 Å². The van der Waals surface area contributed by atoms with Crippen molar-refractivity contribution >= 4 is 46.8 Å². The number of nitrogens with zero attached hydrogens (tertiary/aromatic N) is 7. The van der Waals surface area contributed by atoms with Crippen LogP contribution in [0.2, 0.25) is 5.28 Å². The SMILES string of the molecule is CC=O.CCC.CCC.CCCOC.CCCOCOc1ccc(N=NC)cc1.CCOC.CCSC.CN=Nc1ccc(C)cc1.COCCC(C)=O.Cc1nc(C)nc(Cl)n1. The van der Waals surface area contributed by atoms with E-state index >= 15 is 0 Å². The maximum Gasteiger partial charge on any atom is 0.225 e. The highest BCUT2D eigenvalue weighted by atomic mass is 35.5. The minimum Gasteiger partial charge on any atom is -0.468 e. The van der Waals surface area contributed by atoms with E-state index in [1.54, 1.807) is 56.2 Å². The number of carbonyl (C=O) groups excluding carboxylic acids is 2. The molecule has 0 unspecified atom stereocenters. The molecule has 0 atom stereocenters. The number of halogens is 1. The summed E-state index contributed by atoms with van der Waals surface area (Å²) in [6.45, 7) is 28.6. The van der Waals surface area contributed by atoms with Crippen LogP contribution in [0.5, 0.6) is 5.75 Å². The first-order valence-corrected chi connectivity index (χ1v) is 23.1. The van der Waals surface area contributed by atoms with Crippen molar-refractivity contribution in [2.45, 2.75) is 122 Å². The molecule has 0 N–H and O–H groups in total. The van der Waals surface area contributed by atoms with Gasteiger partial charge < -0.3 is 28.5 Å². The average molecular weight is 931 g/mol. The first-order chi connectivity index (χ1) is 30.1. The van der Waals surface area contributed by atoms with Crippen LogP contribution in [0.25, 0.3) is 0 Å². The van der Waals surface area contributed by atoms with Gasteiger partial charge in [-0.1, -0.05) is 79.0 Å². The fourth-order valence-corrected chi connectivity index (χ4v) is 3.04. The second-order valence-corrected chi connectivity index (χ2v) is 13.5. The van der Waals surface area contributed by atoms with E-state index in [-0.39, 0.29) is 11.1 Å². The number of ether oxygens (including phenoxy) is 5. The van der Waals surface area contributed by atoms with Crippen molar-refractivity contribution in [1.82, 2.24) is 15.0 Å². The third-order valence-electron chi connectivity index (χ3n) is 5.43. The largest absolute Gasteiger partial charge is 0.468 e. The Morgan fingerprint density at radius 3 is 1.33 bits per heavy atom. The molecule has 0 saturated carbocycles. The van der Waals surface area contributed by atoms with E-state index in [2.05, 4.69) is 99.6 Å². The van der Waals surface area contributed by atoms with Crippen molar-refractivity contribution in [3.8, 4) is 5.75 Å². The topological polar surface area (TPSA) is 168 Å². The van der Waals surface area contributed by atoms with Crippen molar-refractivity contribution in [1.29, 1.82) is 0 Å². The molecule has 16 heteroatoms. The van der Waals surface area contributed by atoms with Gasteiger partial charge in [0.25, 0.3) is 0 Å². The summed E-state index contributed by atoms with van der Waals surface area (Å²) >= 11 is 7.34. The highest BCUT2D eigenvalue weighted by Crippen LogP contribution is 2.18. The molecule has 0 aliphatic rings. The maximum absolute atomic E-state index is 10.1. The molecule has 0 aliphatic heterocycles. The van der Waals surface area contributed by atoms with Gasteiger partial charge in [-0.2, -0.15) is 32.2 Å². The van der Waals surface area contributed by atoms with Crippen molar-refractivity contribution in [3.05, 3.63) is 71.0 Å². The molecule has 0 fully saturated rings. The van der Waals surface area contributed by atoms with Gasteiger partial charge in [-0.3, -0.25) is 4.79 Å².